The molecule has 0 aliphatic carbocycles. The quantitative estimate of drug-likeness (QED) is 0.670. The molecule has 0 bridgehead atoms. The molecule has 2 aliphatic heterocycles. The largest absolute Gasteiger partial charge is 0.344 e. The molecule has 19 heavy (non-hydrogen) atoms. The topological polar surface area (TPSA) is 78.5 Å². The van der Waals surface area contributed by atoms with Gasteiger partial charge < -0.3 is 10.6 Å². The average Bonchev–Trinajstić information content (AvgIpc) is 2.39. The summed E-state index contributed by atoms with van der Waals surface area (Å²) in [6.45, 7) is 2.88. The molecule has 2 saturated heterocycles. The number of hydrogen-bond donors (Lipinski definition) is 2. The minimum Gasteiger partial charge on any atom is -0.344 e. The molecule has 3 unspecified atom stereocenters. The van der Waals surface area contributed by atoms with Crippen molar-refractivity contribution in [1.82, 2.24) is 15.5 Å². The fraction of sp³-hybridized carbons (Fsp3) is 0.769. The number of piperidine rings is 2. The monoisotopic (exact) mass is 267 g/mol. The van der Waals surface area contributed by atoms with Gasteiger partial charge in [0.15, 0.2) is 0 Å². The summed E-state index contributed by atoms with van der Waals surface area (Å²) in [6, 6.07) is -0.212. The van der Waals surface area contributed by atoms with Crippen molar-refractivity contribution in [3.05, 3.63) is 0 Å². The van der Waals surface area contributed by atoms with Crippen LogP contribution in [-0.4, -0.2) is 48.3 Å². The number of amides is 3. The van der Waals surface area contributed by atoms with Crippen molar-refractivity contribution in [3.63, 3.8) is 0 Å². The van der Waals surface area contributed by atoms with Crippen LogP contribution in [0.15, 0.2) is 0 Å². The van der Waals surface area contributed by atoms with Crippen molar-refractivity contribution in [2.24, 2.45) is 5.92 Å². The molecule has 0 aromatic carbocycles. The lowest BCUT2D eigenvalue weighted by Gasteiger charge is -2.31. The molecule has 0 saturated carbocycles. The summed E-state index contributed by atoms with van der Waals surface area (Å²) in [7, 11) is 1.47. The minimum absolute atomic E-state index is 0.0352. The molecule has 2 fully saturated rings. The van der Waals surface area contributed by atoms with Crippen LogP contribution in [0.3, 0.4) is 0 Å². The van der Waals surface area contributed by atoms with Gasteiger partial charge in [0.05, 0.1) is 0 Å². The second-order valence-corrected chi connectivity index (χ2v) is 5.47. The van der Waals surface area contributed by atoms with Crippen LogP contribution >= 0.6 is 0 Å². The van der Waals surface area contributed by atoms with Gasteiger partial charge in [-0.2, -0.15) is 0 Å². The van der Waals surface area contributed by atoms with Crippen molar-refractivity contribution in [3.8, 4) is 0 Å². The molecule has 3 amide bonds. The van der Waals surface area contributed by atoms with Crippen LogP contribution in [0.2, 0.25) is 0 Å². The molecule has 0 aromatic rings. The second-order valence-electron chi connectivity index (χ2n) is 5.47. The van der Waals surface area contributed by atoms with E-state index in [0.29, 0.717) is 18.9 Å². The van der Waals surface area contributed by atoms with E-state index in [0.717, 1.165) is 24.3 Å². The Morgan fingerprint density at radius 2 is 2.11 bits per heavy atom. The summed E-state index contributed by atoms with van der Waals surface area (Å²) in [4.78, 5) is 36.5. The van der Waals surface area contributed by atoms with Gasteiger partial charge in [-0.05, 0) is 32.7 Å². The van der Waals surface area contributed by atoms with Gasteiger partial charge >= 0.3 is 0 Å². The Kier molecular flexibility index (Phi) is 4.19. The number of nitrogens with one attached hydrogen (secondary N) is 2. The molecule has 3 atom stereocenters. The van der Waals surface area contributed by atoms with Crippen molar-refractivity contribution in [1.29, 1.82) is 0 Å². The summed E-state index contributed by atoms with van der Waals surface area (Å²) in [6.07, 6.45) is 2.32. The lowest BCUT2D eigenvalue weighted by molar-refractivity contribution is -0.149. The molecule has 6 nitrogen and oxygen atoms in total. The highest BCUT2D eigenvalue weighted by Gasteiger charge is 2.34. The van der Waals surface area contributed by atoms with Crippen LogP contribution in [0.4, 0.5) is 0 Å². The molecular weight excluding hydrogens is 246 g/mol. The molecule has 0 radical (unpaired) electrons. The maximum absolute atomic E-state index is 12.2. The zero-order valence-electron chi connectivity index (χ0n) is 11.4. The zero-order valence-corrected chi connectivity index (χ0v) is 11.4. The number of likely N-dealkylation sites (N-methyl/N-ethyl adjacent to an activating group) is 1. The Balaban J connectivity index is 1.91. The Bertz CT molecular complexity index is 397. The van der Waals surface area contributed by atoms with Gasteiger partial charge in [-0.15, -0.1) is 0 Å². The number of imide groups is 1. The molecular formula is C13H21N3O3. The van der Waals surface area contributed by atoms with Crippen LogP contribution < -0.4 is 10.6 Å². The molecule has 2 rings (SSSR count). The normalized spacial score (nSPS) is 32.3. The highest BCUT2D eigenvalue weighted by Crippen LogP contribution is 2.18. The van der Waals surface area contributed by atoms with Gasteiger partial charge in [0, 0.05) is 25.4 Å². The molecule has 2 heterocycles. The number of nitrogens with zero attached hydrogens (tertiary/aromatic N) is 1. The Morgan fingerprint density at radius 3 is 2.79 bits per heavy atom. The van der Waals surface area contributed by atoms with Crippen molar-refractivity contribution >= 4 is 17.7 Å². The third-order valence-electron chi connectivity index (χ3n) is 3.96. The van der Waals surface area contributed by atoms with Gasteiger partial charge in [0.1, 0.15) is 6.04 Å². The SMILES string of the molecule is CC1CC(C(=O)NC2CCC(=O)N(C)C2=O)CCN1. The Hall–Kier alpha value is -1.43. The first-order valence-corrected chi connectivity index (χ1v) is 6.83. The van der Waals surface area contributed by atoms with Crippen LogP contribution in [0.25, 0.3) is 0 Å². The summed E-state index contributed by atoms with van der Waals surface area (Å²) in [5, 5.41) is 6.09. The van der Waals surface area contributed by atoms with E-state index in [2.05, 4.69) is 17.6 Å². The van der Waals surface area contributed by atoms with Gasteiger partial charge in [0.25, 0.3) is 5.91 Å². The van der Waals surface area contributed by atoms with Crippen molar-refractivity contribution < 1.29 is 14.4 Å². The predicted molar refractivity (Wildman–Crippen MR) is 69.1 cm³/mol. The van der Waals surface area contributed by atoms with E-state index in [1.165, 1.54) is 7.05 Å². The average molecular weight is 267 g/mol. The lowest BCUT2D eigenvalue weighted by atomic mass is 9.92. The molecule has 0 aromatic heterocycles. The number of carbonyl (C=O) groups excluding carboxylic acids is 3. The molecule has 0 spiro atoms. The number of rotatable bonds is 2. The summed E-state index contributed by atoms with van der Waals surface area (Å²) in [5.74, 6) is -0.570. The lowest BCUT2D eigenvalue weighted by Crippen LogP contribution is -2.54. The van der Waals surface area contributed by atoms with Gasteiger partial charge in [0.2, 0.25) is 11.8 Å². The van der Waals surface area contributed by atoms with E-state index in [1.54, 1.807) is 0 Å². The fourth-order valence-corrected chi connectivity index (χ4v) is 2.71. The minimum atomic E-state index is -0.541. The maximum atomic E-state index is 12.2. The van der Waals surface area contributed by atoms with E-state index in [-0.39, 0.29) is 23.6 Å². The predicted octanol–water partition coefficient (Wildman–Crippen LogP) is -0.362. The van der Waals surface area contributed by atoms with Crippen molar-refractivity contribution in [2.75, 3.05) is 13.6 Å². The van der Waals surface area contributed by atoms with E-state index in [1.807, 2.05) is 0 Å². The summed E-state index contributed by atoms with van der Waals surface area (Å²) >= 11 is 0. The van der Waals surface area contributed by atoms with Crippen LogP contribution in [0.1, 0.15) is 32.6 Å². The van der Waals surface area contributed by atoms with E-state index in [4.69, 9.17) is 0 Å². The summed E-state index contributed by atoms with van der Waals surface area (Å²) in [5.41, 5.74) is 0. The van der Waals surface area contributed by atoms with Crippen LogP contribution in [-0.2, 0) is 14.4 Å². The van der Waals surface area contributed by atoms with E-state index < -0.39 is 6.04 Å². The second kappa shape index (κ2) is 5.69. The highest BCUT2D eigenvalue weighted by atomic mass is 16.2. The maximum Gasteiger partial charge on any atom is 0.251 e. The van der Waals surface area contributed by atoms with Gasteiger partial charge in [-0.25, -0.2) is 0 Å². The Morgan fingerprint density at radius 1 is 1.37 bits per heavy atom. The van der Waals surface area contributed by atoms with Gasteiger partial charge in [-0.1, -0.05) is 0 Å². The van der Waals surface area contributed by atoms with Crippen LogP contribution in [0, 0.1) is 5.92 Å². The molecule has 106 valence electrons. The highest BCUT2D eigenvalue weighted by molar-refractivity contribution is 6.01. The first-order chi connectivity index (χ1) is 8.99. The first-order valence-electron chi connectivity index (χ1n) is 6.83. The third-order valence-corrected chi connectivity index (χ3v) is 3.96. The van der Waals surface area contributed by atoms with Crippen molar-refractivity contribution in [2.45, 2.75) is 44.7 Å². The third kappa shape index (κ3) is 3.12. The van der Waals surface area contributed by atoms with Gasteiger partial charge in [-0.3, -0.25) is 19.3 Å². The Labute approximate surface area is 112 Å². The summed E-state index contributed by atoms with van der Waals surface area (Å²) < 4.78 is 0. The smallest absolute Gasteiger partial charge is 0.251 e. The number of likely N-dealkylation sites (tertiary alicyclic amines) is 1. The standard InChI is InChI=1S/C13H21N3O3/c1-8-7-9(5-6-14-8)12(18)15-10-3-4-11(17)16(2)13(10)19/h8-10,14H,3-7H2,1-2H3,(H,15,18). The van der Waals surface area contributed by atoms with Crippen LogP contribution in [0.5, 0.6) is 0 Å². The molecule has 6 heteroatoms. The fourth-order valence-electron chi connectivity index (χ4n) is 2.71. The molecule has 2 aliphatic rings. The zero-order chi connectivity index (χ0) is 14.0. The number of carbonyl (C=O) groups is 3. The number of hydrogen-bond acceptors (Lipinski definition) is 4. The first kappa shape index (κ1) is 14.0. The molecule has 2 N–H and O–H groups in total. The van der Waals surface area contributed by atoms with E-state index in [9.17, 15) is 14.4 Å². The van der Waals surface area contributed by atoms with E-state index >= 15 is 0 Å².